The Hall–Kier alpha value is -1.35. The van der Waals surface area contributed by atoms with Crippen LogP contribution in [-0.2, 0) is 0 Å². The van der Waals surface area contributed by atoms with E-state index in [0.29, 0.717) is 30.2 Å². The molecule has 0 bridgehead atoms. The van der Waals surface area contributed by atoms with Crippen molar-refractivity contribution in [3.63, 3.8) is 0 Å². The number of carbonyl (C=O) groups is 1. The quantitative estimate of drug-likeness (QED) is 0.788. The summed E-state index contributed by atoms with van der Waals surface area (Å²) in [5, 5.41) is 0. The summed E-state index contributed by atoms with van der Waals surface area (Å²) >= 11 is 0. The third kappa shape index (κ3) is 3.33. The van der Waals surface area contributed by atoms with Crippen molar-refractivity contribution in [2.45, 2.75) is 33.1 Å². The highest BCUT2D eigenvalue weighted by molar-refractivity contribution is 6.00. The Kier molecular flexibility index (Phi) is 5.35. The molecular weight excluding hydrogens is 226 g/mol. The number of carbonyl (C=O) groups excluding carboxylic acids is 1. The number of benzene rings is 1. The van der Waals surface area contributed by atoms with Crippen molar-refractivity contribution in [1.29, 1.82) is 0 Å². The molecule has 0 fully saturated rings. The molecule has 2 N–H and O–H groups in total. The maximum Gasteiger partial charge on any atom is 0.169 e. The van der Waals surface area contributed by atoms with Gasteiger partial charge in [-0.25, -0.2) is 0 Å². The maximum absolute atomic E-state index is 12.4. The van der Waals surface area contributed by atoms with Crippen LogP contribution >= 0.6 is 0 Å². The zero-order valence-corrected chi connectivity index (χ0v) is 11.7. The number of hydrogen-bond donors (Lipinski definition) is 1. The van der Waals surface area contributed by atoms with Crippen LogP contribution in [0.25, 0.3) is 0 Å². The fourth-order valence-corrected chi connectivity index (χ4v) is 1.92. The molecule has 0 aliphatic rings. The van der Waals surface area contributed by atoms with E-state index in [1.807, 2.05) is 25.1 Å². The monoisotopic (exact) mass is 249 g/mol. The van der Waals surface area contributed by atoms with Crippen molar-refractivity contribution >= 4 is 5.78 Å². The van der Waals surface area contributed by atoms with Gasteiger partial charge in [0.2, 0.25) is 0 Å². The lowest BCUT2D eigenvalue weighted by molar-refractivity contribution is 0.0922. The van der Waals surface area contributed by atoms with Crippen molar-refractivity contribution in [1.82, 2.24) is 0 Å². The first-order valence-corrected chi connectivity index (χ1v) is 6.43. The van der Waals surface area contributed by atoms with E-state index in [2.05, 4.69) is 13.8 Å². The number of nitrogens with two attached hydrogens (primary N) is 1. The van der Waals surface area contributed by atoms with Crippen LogP contribution in [0, 0.1) is 5.92 Å². The van der Waals surface area contributed by atoms with Crippen molar-refractivity contribution in [3.8, 4) is 5.75 Å². The fourth-order valence-electron chi connectivity index (χ4n) is 1.92. The largest absolute Gasteiger partial charge is 0.496 e. The molecule has 0 aliphatic heterocycles. The Balaban J connectivity index is 3.11. The molecule has 1 rings (SSSR count). The van der Waals surface area contributed by atoms with Gasteiger partial charge in [-0.3, -0.25) is 4.79 Å². The van der Waals surface area contributed by atoms with E-state index in [-0.39, 0.29) is 11.7 Å². The van der Waals surface area contributed by atoms with Gasteiger partial charge in [-0.2, -0.15) is 0 Å². The molecule has 1 aromatic carbocycles. The number of ketones is 1. The van der Waals surface area contributed by atoms with E-state index < -0.39 is 0 Å². The molecule has 1 unspecified atom stereocenters. The standard InChI is InChI=1S/C15H23NO2/c1-10(2)12-5-6-14(18-4)13(9-12)15(17)11(3)7-8-16/h5-6,9-11H,7-8,16H2,1-4H3. The minimum Gasteiger partial charge on any atom is -0.496 e. The van der Waals surface area contributed by atoms with Crippen molar-refractivity contribution in [2.24, 2.45) is 11.7 Å². The van der Waals surface area contributed by atoms with Gasteiger partial charge in [-0.15, -0.1) is 0 Å². The van der Waals surface area contributed by atoms with Gasteiger partial charge >= 0.3 is 0 Å². The zero-order valence-electron chi connectivity index (χ0n) is 11.7. The highest BCUT2D eigenvalue weighted by Gasteiger charge is 2.19. The Morgan fingerprint density at radius 1 is 1.33 bits per heavy atom. The summed E-state index contributed by atoms with van der Waals surface area (Å²) in [7, 11) is 1.59. The van der Waals surface area contributed by atoms with E-state index >= 15 is 0 Å². The summed E-state index contributed by atoms with van der Waals surface area (Å²) in [5.41, 5.74) is 7.33. The number of Topliss-reactive ketones (excluding diaryl/α,β-unsaturated/α-hetero) is 1. The lowest BCUT2D eigenvalue weighted by atomic mass is 9.92. The van der Waals surface area contributed by atoms with E-state index in [1.165, 1.54) is 0 Å². The number of hydrogen-bond acceptors (Lipinski definition) is 3. The van der Waals surface area contributed by atoms with Gasteiger partial charge in [-0.05, 0) is 36.6 Å². The number of rotatable bonds is 6. The van der Waals surface area contributed by atoms with Crippen molar-refractivity contribution < 1.29 is 9.53 Å². The second-order valence-electron chi connectivity index (χ2n) is 4.96. The van der Waals surface area contributed by atoms with Crippen LogP contribution in [0.5, 0.6) is 5.75 Å². The molecule has 18 heavy (non-hydrogen) atoms. The smallest absolute Gasteiger partial charge is 0.169 e. The second kappa shape index (κ2) is 6.55. The third-order valence-electron chi connectivity index (χ3n) is 3.20. The van der Waals surface area contributed by atoms with Crippen LogP contribution in [0.4, 0.5) is 0 Å². The Labute approximate surface area is 109 Å². The van der Waals surface area contributed by atoms with Gasteiger partial charge in [0.1, 0.15) is 5.75 Å². The molecular formula is C15H23NO2. The highest BCUT2D eigenvalue weighted by Crippen LogP contribution is 2.26. The summed E-state index contributed by atoms with van der Waals surface area (Å²) in [5.74, 6) is 1.09. The lowest BCUT2D eigenvalue weighted by Gasteiger charge is -2.15. The maximum atomic E-state index is 12.4. The van der Waals surface area contributed by atoms with Crippen LogP contribution in [-0.4, -0.2) is 19.4 Å². The number of ether oxygens (including phenoxy) is 1. The van der Waals surface area contributed by atoms with Crippen LogP contribution in [0.2, 0.25) is 0 Å². The SMILES string of the molecule is COc1ccc(C(C)C)cc1C(=O)C(C)CCN. The first-order chi connectivity index (χ1) is 8.51. The Morgan fingerprint density at radius 2 is 2.00 bits per heavy atom. The topological polar surface area (TPSA) is 52.3 Å². The summed E-state index contributed by atoms with van der Waals surface area (Å²) in [4.78, 5) is 12.4. The minimum atomic E-state index is -0.0636. The fraction of sp³-hybridized carbons (Fsp3) is 0.533. The molecule has 0 aromatic heterocycles. The highest BCUT2D eigenvalue weighted by atomic mass is 16.5. The summed E-state index contributed by atoms with van der Waals surface area (Å²) < 4.78 is 5.28. The first kappa shape index (κ1) is 14.7. The number of methoxy groups -OCH3 is 1. The second-order valence-corrected chi connectivity index (χ2v) is 4.96. The van der Waals surface area contributed by atoms with E-state index in [9.17, 15) is 4.79 Å². The molecule has 100 valence electrons. The Morgan fingerprint density at radius 3 is 2.50 bits per heavy atom. The van der Waals surface area contributed by atoms with Gasteiger partial charge in [0.05, 0.1) is 12.7 Å². The van der Waals surface area contributed by atoms with Crippen molar-refractivity contribution in [3.05, 3.63) is 29.3 Å². The predicted octanol–water partition coefficient (Wildman–Crippen LogP) is 2.99. The molecule has 1 aromatic rings. The summed E-state index contributed by atoms with van der Waals surface area (Å²) in [6.07, 6.45) is 0.702. The van der Waals surface area contributed by atoms with Gasteiger partial charge in [0, 0.05) is 5.92 Å². The molecule has 0 heterocycles. The van der Waals surface area contributed by atoms with E-state index in [4.69, 9.17) is 10.5 Å². The molecule has 0 spiro atoms. The van der Waals surface area contributed by atoms with Crippen LogP contribution < -0.4 is 10.5 Å². The minimum absolute atomic E-state index is 0.0636. The molecule has 3 heteroatoms. The first-order valence-electron chi connectivity index (χ1n) is 6.43. The van der Waals surface area contributed by atoms with Crippen LogP contribution in [0.3, 0.4) is 0 Å². The van der Waals surface area contributed by atoms with Gasteiger partial charge in [-0.1, -0.05) is 26.8 Å². The van der Waals surface area contributed by atoms with Gasteiger partial charge in [0.15, 0.2) is 5.78 Å². The Bertz CT molecular complexity index is 413. The predicted molar refractivity (Wildman–Crippen MR) is 74.2 cm³/mol. The van der Waals surface area contributed by atoms with Crippen molar-refractivity contribution in [2.75, 3.05) is 13.7 Å². The molecule has 0 radical (unpaired) electrons. The average Bonchev–Trinajstić information content (AvgIpc) is 2.37. The molecule has 0 aliphatic carbocycles. The van der Waals surface area contributed by atoms with Gasteiger partial charge < -0.3 is 10.5 Å². The van der Waals surface area contributed by atoms with Crippen LogP contribution in [0.15, 0.2) is 18.2 Å². The normalized spacial score (nSPS) is 12.6. The molecule has 1 atom stereocenters. The molecule has 0 saturated heterocycles. The molecule has 0 saturated carbocycles. The molecule has 3 nitrogen and oxygen atoms in total. The lowest BCUT2D eigenvalue weighted by Crippen LogP contribution is -2.16. The summed E-state index contributed by atoms with van der Waals surface area (Å²) in [6.45, 7) is 6.66. The summed E-state index contributed by atoms with van der Waals surface area (Å²) in [6, 6.07) is 5.82. The van der Waals surface area contributed by atoms with E-state index in [0.717, 1.165) is 5.56 Å². The van der Waals surface area contributed by atoms with Gasteiger partial charge in [0.25, 0.3) is 0 Å². The average molecular weight is 249 g/mol. The van der Waals surface area contributed by atoms with E-state index in [1.54, 1.807) is 7.11 Å². The zero-order chi connectivity index (χ0) is 13.7. The molecule has 0 amide bonds. The van der Waals surface area contributed by atoms with Crippen LogP contribution in [0.1, 0.15) is 49.0 Å². The third-order valence-corrected chi connectivity index (χ3v) is 3.20.